The van der Waals surface area contributed by atoms with Gasteiger partial charge >= 0.3 is 0 Å². The van der Waals surface area contributed by atoms with Crippen LogP contribution in [0.5, 0.6) is 5.75 Å². The Balaban J connectivity index is 1.76. The highest BCUT2D eigenvalue weighted by molar-refractivity contribution is 6.32. The summed E-state index contributed by atoms with van der Waals surface area (Å²) in [6.07, 6.45) is 8.53. The van der Waals surface area contributed by atoms with Crippen molar-refractivity contribution in [2.75, 3.05) is 0 Å². The summed E-state index contributed by atoms with van der Waals surface area (Å²) in [6.45, 7) is 0. The second-order valence-corrected chi connectivity index (χ2v) is 6.09. The molecule has 0 aromatic heterocycles. The lowest BCUT2D eigenvalue weighted by Gasteiger charge is -2.38. The Morgan fingerprint density at radius 1 is 1.17 bits per heavy atom. The normalized spacial score (nSPS) is 22.8. The molecule has 98 valence electrons. The van der Waals surface area contributed by atoms with Gasteiger partial charge in [0.05, 0.1) is 11.1 Å². The van der Waals surface area contributed by atoms with Crippen molar-refractivity contribution in [2.45, 2.75) is 56.6 Å². The van der Waals surface area contributed by atoms with Crippen molar-refractivity contribution in [3.63, 3.8) is 0 Å². The largest absolute Gasteiger partial charge is 0.489 e. The van der Waals surface area contributed by atoms with Crippen molar-refractivity contribution in [1.29, 1.82) is 0 Å². The molecule has 2 fully saturated rings. The van der Waals surface area contributed by atoms with Gasteiger partial charge in [0.1, 0.15) is 5.75 Å². The molecular formula is C15H20ClNO. The van der Waals surface area contributed by atoms with Gasteiger partial charge in [-0.05, 0) is 62.6 Å². The minimum Gasteiger partial charge on any atom is -0.489 e. The molecule has 2 N–H and O–H groups in total. The smallest absolute Gasteiger partial charge is 0.138 e. The van der Waals surface area contributed by atoms with Crippen LogP contribution in [0.15, 0.2) is 18.2 Å². The van der Waals surface area contributed by atoms with Crippen molar-refractivity contribution in [3.05, 3.63) is 28.8 Å². The first-order valence-corrected chi connectivity index (χ1v) is 7.31. The zero-order valence-electron chi connectivity index (χ0n) is 10.6. The maximum Gasteiger partial charge on any atom is 0.138 e. The van der Waals surface area contributed by atoms with Gasteiger partial charge in [0.2, 0.25) is 0 Å². The number of hydrogen-bond donors (Lipinski definition) is 1. The Morgan fingerprint density at radius 3 is 2.44 bits per heavy atom. The summed E-state index contributed by atoms with van der Waals surface area (Å²) in [6, 6.07) is 6.06. The third-order valence-electron chi connectivity index (χ3n) is 4.35. The maximum absolute atomic E-state index is 6.31. The van der Waals surface area contributed by atoms with Crippen LogP contribution >= 0.6 is 11.6 Å². The summed E-state index contributed by atoms with van der Waals surface area (Å²) < 4.78 is 5.95. The van der Waals surface area contributed by atoms with Gasteiger partial charge in [0.15, 0.2) is 0 Å². The van der Waals surface area contributed by atoms with E-state index in [2.05, 4.69) is 6.07 Å². The van der Waals surface area contributed by atoms with Crippen LogP contribution in [0.3, 0.4) is 0 Å². The lowest BCUT2D eigenvalue weighted by atomic mass is 9.73. The van der Waals surface area contributed by atoms with E-state index >= 15 is 0 Å². The molecule has 0 saturated heterocycles. The fourth-order valence-corrected chi connectivity index (χ4v) is 3.16. The van der Waals surface area contributed by atoms with Crippen LogP contribution in [0.1, 0.15) is 50.5 Å². The first-order chi connectivity index (χ1) is 8.67. The molecular weight excluding hydrogens is 246 g/mol. The first-order valence-electron chi connectivity index (χ1n) is 6.93. The summed E-state index contributed by atoms with van der Waals surface area (Å²) in [5, 5.41) is 0.705. The van der Waals surface area contributed by atoms with E-state index in [-0.39, 0.29) is 5.54 Å². The highest BCUT2D eigenvalue weighted by Gasteiger charge is 2.34. The Hall–Kier alpha value is -0.730. The SMILES string of the molecule is NC1(c2ccc(OC3CCCC3)c(Cl)c2)CCC1. The van der Waals surface area contributed by atoms with Crippen molar-refractivity contribution in [3.8, 4) is 5.75 Å². The molecule has 0 unspecified atom stereocenters. The van der Waals surface area contributed by atoms with E-state index in [9.17, 15) is 0 Å². The van der Waals surface area contributed by atoms with Crippen molar-refractivity contribution in [2.24, 2.45) is 5.73 Å². The highest BCUT2D eigenvalue weighted by Crippen LogP contribution is 2.41. The zero-order valence-corrected chi connectivity index (χ0v) is 11.4. The molecule has 0 atom stereocenters. The molecule has 0 heterocycles. The summed E-state index contributed by atoms with van der Waals surface area (Å²) in [5.41, 5.74) is 7.31. The lowest BCUT2D eigenvalue weighted by Crippen LogP contribution is -2.43. The average Bonchev–Trinajstić information content (AvgIpc) is 2.81. The maximum atomic E-state index is 6.31. The van der Waals surface area contributed by atoms with Crippen LogP contribution in [-0.2, 0) is 5.54 Å². The average molecular weight is 266 g/mol. The molecule has 3 rings (SSSR count). The van der Waals surface area contributed by atoms with Crippen LogP contribution in [0.25, 0.3) is 0 Å². The van der Waals surface area contributed by atoms with Crippen LogP contribution in [0.4, 0.5) is 0 Å². The molecule has 2 aliphatic rings. The molecule has 18 heavy (non-hydrogen) atoms. The molecule has 1 aromatic carbocycles. The van der Waals surface area contributed by atoms with Gasteiger partial charge in [-0.15, -0.1) is 0 Å². The number of rotatable bonds is 3. The molecule has 2 aliphatic carbocycles. The summed E-state index contributed by atoms with van der Waals surface area (Å²) in [7, 11) is 0. The fourth-order valence-electron chi connectivity index (χ4n) is 2.94. The number of halogens is 1. The Bertz CT molecular complexity index is 436. The van der Waals surface area contributed by atoms with E-state index in [0.717, 1.165) is 37.0 Å². The second kappa shape index (κ2) is 4.75. The standard InChI is InChI=1S/C15H20ClNO/c16-13-10-11(15(17)8-3-9-15)6-7-14(13)18-12-4-1-2-5-12/h6-7,10,12H,1-5,8-9,17H2. The Labute approximate surface area is 113 Å². The van der Waals surface area contributed by atoms with Crippen LogP contribution in [-0.4, -0.2) is 6.10 Å². The molecule has 1 aromatic rings. The van der Waals surface area contributed by atoms with E-state index in [0.29, 0.717) is 11.1 Å². The Kier molecular flexibility index (Phi) is 3.25. The third-order valence-corrected chi connectivity index (χ3v) is 4.64. The van der Waals surface area contributed by atoms with Gasteiger partial charge in [0, 0.05) is 5.54 Å². The molecule has 0 radical (unpaired) electrons. The molecule has 0 amide bonds. The molecule has 0 aliphatic heterocycles. The predicted octanol–water partition coefficient (Wildman–Crippen LogP) is 4.00. The van der Waals surface area contributed by atoms with E-state index in [1.54, 1.807) is 0 Å². The van der Waals surface area contributed by atoms with E-state index in [1.165, 1.54) is 19.3 Å². The zero-order chi connectivity index (χ0) is 12.6. The monoisotopic (exact) mass is 265 g/mol. The number of benzene rings is 1. The number of hydrogen-bond acceptors (Lipinski definition) is 2. The van der Waals surface area contributed by atoms with Gasteiger partial charge in [-0.25, -0.2) is 0 Å². The molecule has 3 heteroatoms. The summed E-state index contributed by atoms with van der Waals surface area (Å²) in [5.74, 6) is 0.815. The summed E-state index contributed by atoms with van der Waals surface area (Å²) in [4.78, 5) is 0. The molecule has 2 nitrogen and oxygen atoms in total. The van der Waals surface area contributed by atoms with Gasteiger partial charge in [-0.3, -0.25) is 0 Å². The van der Waals surface area contributed by atoms with Crippen molar-refractivity contribution < 1.29 is 4.74 Å². The van der Waals surface area contributed by atoms with Gasteiger partial charge in [-0.1, -0.05) is 17.7 Å². The lowest BCUT2D eigenvalue weighted by molar-refractivity contribution is 0.209. The van der Waals surface area contributed by atoms with Crippen LogP contribution in [0.2, 0.25) is 5.02 Å². The van der Waals surface area contributed by atoms with E-state index in [1.807, 2.05) is 12.1 Å². The molecule has 0 spiro atoms. The highest BCUT2D eigenvalue weighted by atomic mass is 35.5. The van der Waals surface area contributed by atoms with Crippen LogP contribution < -0.4 is 10.5 Å². The van der Waals surface area contributed by atoms with Gasteiger partial charge in [-0.2, -0.15) is 0 Å². The quantitative estimate of drug-likeness (QED) is 0.897. The van der Waals surface area contributed by atoms with E-state index in [4.69, 9.17) is 22.1 Å². The van der Waals surface area contributed by atoms with Gasteiger partial charge in [0.25, 0.3) is 0 Å². The van der Waals surface area contributed by atoms with E-state index < -0.39 is 0 Å². The number of nitrogens with two attached hydrogens (primary N) is 1. The third kappa shape index (κ3) is 2.24. The minimum absolute atomic E-state index is 0.143. The topological polar surface area (TPSA) is 35.2 Å². The number of ether oxygens (including phenoxy) is 1. The van der Waals surface area contributed by atoms with Crippen LogP contribution in [0, 0.1) is 0 Å². The molecule has 0 bridgehead atoms. The first kappa shape index (κ1) is 12.3. The van der Waals surface area contributed by atoms with Crippen molar-refractivity contribution >= 4 is 11.6 Å². The molecule has 2 saturated carbocycles. The second-order valence-electron chi connectivity index (χ2n) is 5.68. The van der Waals surface area contributed by atoms with Gasteiger partial charge < -0.3 is 10.5 Å². The van der Waals surface area contributed by atoms with Crippen molar-refractivity contribution in [1.82, 2.24) is 0 Å². The predicted molar refractivity (Wildman–Crippen MR) is 74.1 cm³/mol. The fraction of sp³-hybridized carbons (Fsp3) is 0.600. The Morgan fingerprint density at radius 2 is 1.89 bits per heavy atom. The summed E-state index contributed by atoms with van der Waals surface area (Å²) >= 11 is 6.31. The minimum atomic E-state index is -0.143.